The maximum Gasteiger partial charge on any atom is 0.243 e. The van der Waals surface area contributed by atoms with E-state index in [1.807, 2.05) is 0 Å². The normalized spacial score (nSPS) is 17.5. The summed E-state index contributed by atoms with van der Waals surface area (Å²) in [4.78, 5) is 8.34. The van der Waals surface area contributed by atoms with Crippen LogP contribution in [0.1, 0.15) is 12.8 Å². The van der Waals surface area contributed by atoms with Crippen molar-refractivity contribution in [3.8, 4) is 5.75 Å². The van der Waals surface area contributed by atoms with Gasteiger partial charge in [-0.15, -0.1) is 5.10 Å². The monoisotopic (exact) mass is 360 g/mol. The third kappa shape index (κ3) is 3.33. The highest BCUT2D eigenvalue weighted by atomic mass is 35.5. The molecule has 23 heavy (non-hydrogen) atoms. The molecule has 1 fully saturated rings. The molecule has 126 valence electrons. The minimum atomic E-state index is -3.13. The standard InChI is InChI=1S/C12H17ClN6O3S/c1-22-9-10(13)14-7-19-11(9)16-12(17-19)15-8-3-5-18(6-4-8)23(2,20)21/h7-8H,3-6H2,1-2H3,(H,15,17). The molecule has 0 radical (unpaired) electrons. The van der Waals surface area contributed by atoms with Gasteiger partial charge in [0.15, 0.2) is 5.15 Å². The molecule has 0 aliphatic carbocycles. The Morgan fingerprint density at radius 1 is 1.39 bits per heavy atom. The van der Waals surface area contributed by atoms with Crippen molar-refractivity contribution in [2.24, 2.45) is 0 Å². The number of rotatable bonds is 4. The Bertz CT molecular complexity index is 816. The fourth-order valence-corrected chi connectivity index (χ4v) is 3.65. The fourth-order valence-electron chi connectivity index (χ4n) is 2.57. The number of piperidine rings is 1. The minimum absolute atomic E-state index is 0.111. The van der Waals surface area contributed by atoms with Crippen LogP contribution in [0.3, 0.4) is 0 Å². The van der Waals surface area contributed by atoms with E-state index < -0.39 is 10.0 Å². The fraction of sp³-hybridized carbons (Fsp3) is 0.583. The number of anilines is 1. The third-order valence-corrected chi connectivity index (χ3v) is 5.33. The highest BCUT2D eigenvalue weighted by molar-refractivity contribution is 7.88. The lowest BCUT2D eigenvalue weighted by Crippen LogP contribution is -2.41. The number of ether oxygens (including phenoxy) is 1. The van der Waals surface area contributed by atoms with Crippen molar-refractivity contribution in [3.05, 3.63) is 11.5 Å². The van der Waals surface area contributed by atoms with Crippen molar-refractivity contribution in [1.29, 1.82) is 0 Å². The van der Waals surface area contributed by atoms with Crippen LogP contribution in [0, 0.1) is 0 Å². The molecule has 1 N–H and O–H groups in total. The van der Waals surface area contributed by atoms with Gasteiger partial charge in [-0.2, -0.15) is 9.50 Å². The molecule has 1 aliphatic heterocycles. The van der Waals surface area contributed by atoms with E-state index in [1.165, 1.54) is 28.5 Å². The van der Waals surface area contributed by atoms with Crippen LogP contribution in [0.2, 0.25) is 5.15 Å². The Balaban J connectivity index is 1.73. The number of hydrogen-bond acceptors (Lipinski definition) is 7. The Kier molecular flexibility index (Phi) is 4.30. The van der Waals surface area contributed by atoms with Gasteiger partial charge in [0.2, 0.25) is 27.4 Å². The maximum absolute atomic E-state index is 11.5. The van der Waals surface area contributed by atoms with Crippen molar-refractivity contribution >= 4 is 33.2 Å². The highest BCUT2D eigenvalue weighted by Crippen LogP contribution is 2.26. The number of nitrogens with one attached hydrogen (secondary N) is 1. The van der Waals surface area contributed by atoms with Gasteiger partial charge < -0.3 is 10.1 Å². The van der Waals surface area contributed by atoms with Crippen molar-refractivity contribution in [3.63, 3.8) is 0 Å². The van der Waals surface area contributed by atoms with E-state index in [1.54, 1.807) is 0 Å². The average Bonchev–Trinajstić information content (AvgIpc) is 2.89. The molecule has 0 unspecified atom stereocenters. The molecule has 9 nitrogen and oxygen atoms in total. The number of sulfonamides is 1. The second kappa shape index (κ2) is 6.10. The summed E-state index contributed by atoms with van der Waals surface area (Å²) >= 11 is 5.96. The van der Waals surface area contributed by atoms with Crippen LogP contribution in [-0.2, 0) is 10.0 Å². The summed E-state index contributed by atoms with van der Waals surface area (Å²) in [5, 5.41) is 7.73. The summed E-state index contributed by atoms with van der Waals surface area (Å²) in [6.45, 7) is 0.973. The molecule has 1 aliphatic rings. The van der Waals surface area contributed by atoms with E-state index in [0.717, 1.165) is 0 Å². The van der Waals surface area contributed by atoms with Crippen LogP contribution in [0.15, 0.2) is 6.33 Å². The van der Waals surface area contributed by atoms with Gasteiger partial charge in [-0.3, -0.25) is 0 Å². The van der Waals surface area contributed by atoms with Crippen molar-refractivity contribution in [2.45, 2.75) is 18.9 Å². The maximum atomic E-state index is 11.5. The van der Waals surface area contributed by atoms with Crippen LogP contribution < -0.4 is 10.1 Å². The second-order valence-corrected chi connectivity index (χ2v) is 7.69. The molecule has 2 aromatic heterocycles. The number of nitrogens with zero attached hydrogens (tertiary/aromatic N) is 5. The van der Waals surface area contributed by atoms with Crippen LogP contribution in [-0.4, -0.2) is 64.8 Å². The predicted octanol–water partition coefficient (Wildman–Crippen LogP) is 0.622. The molecule has 0 saturated carbocycles. The lowest BCUT2D eigenvalue weighted by Gasteiger charge is -2.30. The van der Waals surface area contributed by atoms with Crippen molar-refractivity contribution in [1.82, 2.24) is 23.9 Å². The zero-order valence-electron chi connectivity index (χ0n) is 12.7. The molecular formula is C12H17ClN6O3S. The van der Waals surface area contributed by atoms with Gasteiger partial charge in [0.25, 0.3) is 0 Å². The van der Waals surface area contributed by atoms with Crippen molar-refractivity contribution < 1.29 is 13.2 Å². The Hall–Kier alpha value is -1.65. The van der Waals surface area contributed by atoms with E-state index in [-0.39, 0.29) is 11.2 Å². The summed E-state index contributed by atoms with van der Waals surface area (Å²) in [7, 11) is -1.63. The topological polar surface area (TPSA) is 102 Å². The summed E-state index contributed by atoms with van der Waals surface area (Å²) in [6.07, 6.45) is 4.08. The number of halogens is 1. The molecule has 11 heteroatoms. The minimum Gasteiger partial charge on any atom is -0.490 e. The predicted molar refractivity (Wildman–Crippen MR) is 85.4 cm³/mol. The van der Waals surface area contributed by atoms with Crippen LogP contribution in [0.5, 0.6) is 5.75 Å². The smallest absolute Gasteiger partial charge is 0.243 e. The quantitative estimate of drug-likeness (QED) is 0.797. The molecular weight excluding hydrogens is 344 g/mol. The zero-order valence-corrected chi connectivity index (χ0v) is 14.3. The van der Waals surface area contributed by atoms with Gasteiger partial charge in [-0.05, 0) is 12.8 Å². The SMILES string of the molecule is COc1c(Cl)ncn2nc(NC3CCN(S(C)(=O)=O)CC3)nc12. The molecule has 0 amide bonds. The first-order chi connectivity index (χ1) is 10.9. The van der Waals surface area contributed by atoms with Crippen LogP contribution in [0.4, 0.5) is 5.95 Å². The van der Waals surface area contributed by atoms with E-state index in [0.29, 0.717) is 43.3 Å². The Morgan fingerprint density at radius 2 is 2.09 bits per heavy atom. The van der Waals surface area contributed by atoms with E-state index in [2.05, 4.69) is 20.4 Å². The van der Waals surface area contributed by atoms with Gasteiger partial charge in [0.05, 0.1) is 13.4 Å². The number of aromatic nitrogens is 4. The first-order valence-corrected chi connectivity index (χ1v) is 9.27. The summed E-state index contributed by atoms with van der Waals surface area (Å²) in [5.74, 6) is 0.798. The Labute approximate surface area is 138 Å². The molecule has 2 aromatic rings. The summed E-state index contributed by atoms with van der Waals surface area (Å²) in [5.41, 5.74) is 0.476. The van der Waals surface area contributed by atoms with Gasteiger partial charge in [-0.1, -0.05) is 11.6 Å². The Morgan fingerprint density at radius 3 is 2.70 bits per heavy atom. The number of fused-ring (bicyclic) bond motifs is 1. The van der Waals surface area contributed by atoms with Gasteiger partial charge in [0.1, 0.15) is 6.33 Å². The molecule has 0 spiro atoms. The molecule has 0 bridgehead atoms. The first-order valence-electron chi connectivity index (χ1n) is 7.05. The summed E-state index contributed by atoms with van der Waals surface area (Å²) < 4.78 is 31.2. The molecule has 3 heterocycles. The molecule has 0 atom stereocenters. The first kappa shape index (κ1) is 16.2. The molecule has 0 aromatic carbocycles. The largest absolute Gasteiger partial charge is 0.490 e. The van der Waals surface area contributed by atoms with E-state index >= 15 is 0 Å². The number of methoxy groups -OCH3 is 1. The van der Waals surface area contributed by atoms with Gasteiger partial charge in [-0.25, -0.2) is 17.7 Å². The summed E-state index contributed by atoms with van der Waals surface area (Å²) in [6, 6.07) is 0.111. The second-order valence-electron chi connectivity index (χ2n) is 5.35. The third-order valence-electron chi connectivity index (χ3n) is 3.76. The van der Waals surface area contributed by atoms with Crippen LogP contribution in [0.25, 0.3) is 5.65 Å². The van der Waals surface area contributed by atoms with Crippen molar-refractivity contribution in [2.75, 3.05) is 31.8 Å². The molecule has 3 rings (SSSR count). The van der Waals surface area contributed by atoms with Gasteiger partial charge >= 0.3 is 0 Å². The lowest BCUT2D eigenvalue weighted by atomic mass is 10.1. The van der Waals surface area contributed by atoms with E-state index in [4.69, 9.17) is 16.3 Å². The lowest BCUT2D eigenvalue weighted by molar-refractivity contribution is 0.331. The van der Waals surface area contributed by atoms with E-state index in [9.17, 15) is 8.42 Å². The molecule has 1 saturated heterocycles. The number of hydrogen-bond donors (Lipinski definition) is 1. The van der Waals surface area contributed by atoms with Gasteiger partial charge in [0, 0.05) is 19.1 Å². The highest BCUT2D eigenvalue weighted by Gasteiger charge is 2.25. The zero-order chi connectivity index (χ0) is 16.6. The van der Waals surface area contributed by atoms with Crippen LogP contribution >= 0.6 is 11.6 Å². The average molecular weight is 361 g/mol.